The minimum Gasteiger partial charge on any atom is -0.320 e. The Bertz CT molecular complexity index is 757. The summed E-state index contributed by atoms with van der Waals surface area (Å²) in [6, 6.07) is 24.6. The van der Waals surface area contributed by atoms with E-state index in [0.717, 1.165) is 27.6 Å². The van der Waals surface area contributed by atoms with Crippen molar-refractivity contribution in [3.05, 3.63) is 95.2 Å². The van der Waals surface area contributed by atoms with Gasteiger partial charge < -0.3 is 5.73 Å². The van der Waals surface area contributed by atoms with Gasteiger partial charge in [0.25, 0.3) is 0 Å². The van der Waals surface area contributed by atoms with Gasteiger partial charge in [0.2, 0.25) is 0 Å². The van der Waals surface area contributed by atoms with Crippen molar-refractivity contribution in [2.75, 3.05) is 0 Å². The average molecular weight is 320 g/mol. The maximum Gasteiger partial charge on any atom is 0.0966 e. The molecule has 0 aliphatic rings. The van der Waals surface area contributed by atoms with Gasteiger partial charge in [-0.3, -0.25) is 0 Å². The molecule has 0 spiro atoms. The summed E-state index contributed by atoms with van der Waals surface area (Å²) in [7, 11) is 0. The van der Waals surface area contributed by atoms with Gasteiger partial charge in [-0.05, 0) is 29.7 Å². The number of benzene rings is 2. The second-order valence-electron chi connectivity index (χ2n) is 5.49. The number of thioether (sulfide) groups is 1. The molecule has 0 saturated carbocycles. The molecule has 1 heterocycles. The second kappa shape index (κ2) is 7.44. The van der Waals surface area contributed by atoms with E-state index < -0.39 is 0 Å². The van der Waals surface area contributed by atoms with Crippen LogP contribution in [0.5, 0.6) is 0 Å². The van der Waals surface area contributed by atoms with E-state index in [4.69, 9.17) is 10.7 Å². The predicted octanol–water partition coefficient (Wildman–Crippen LogP) is 4.73. The van der Waals surface area contributed by atoms with Crippen LogP contribution in [-0.4, -0.2) is 4.98 Å². The van der Waals surface area contributed by atoms with Crippen molar-refractivity contribution in [1.82, 2.24) is 4.98 Å². The Kier molecular flexibility index (Phi) is 5.11. The van der Waals surface area contributed by atoms with Crippen molar-refractivity contribution >= 4 is 11.8 Å². The Labute approximate surface area is 141 Å². The van der Waals surface area contributed by atoms with Crippen LogP contribution in [0.1, 0.15) is 28.4 Å². The summed E-state index contributed by atoms with van der Waals surface area (Å²) in [5.41, 5.74) is 10.9. The smallest absolute Gasteiger partial charge is 0.0966 e. The van der Waals surface area contributed by atoms with Gasteiger partial charge in [-0.1, -0.05) is 66.7 Å². The van der Waals surface area contributed by atoms with Gasteiger partial charge in [0, 0.05) is 11.4 Å². The molecule has 1 unspecified atom stereocenters. The van der Waals surface area contributed by atoms with Crippen LogP contribution in [0.15, 0.2) is 77.8 Å². The lowest BCUT2D eigenvalue weighted by Crippen LogP contribution is -2.13. The van der Waals surface area contributed by atoms with Gasteiger partial charge in [-0.25, -0.2) is 4.98 Å². The molecule has 0 radical (unpaired) electrons. The normalized spacial score (nSPS) is 12.1. The fourth-order valence-corrected chi connectivity index (χ4v) is 3.40. The summed E-state index contributed by atoms with van der Waals surface area (Å²) < 4.78 is 0. The van der Waals surface area contributed by atoms with E-state index in [1.54, 1.807) is 11.8 Å². The summed E-state index contributed by atoms with van der Waals surface area (Å²) >= 11 is 1.75. The highest BCUT2D eigenvalue weighted by atomic mass is 32.2. The zero-order chi connectivity index (χ0) is 16.1. The first-order valence-corrected chi connectivity index (χ1v) is 8.67. The number of pyridine rings is 1. The number of aryl methyl sites for hydroxylation is 1. The predicted molar refractivity (Wildman–Crippen MR) is 97.4 cm³/mol. The Balaban J connectivity index is 1.73. The molecule has 2 N–H and O–H groups in total. The zero-order valence-corrected chi connectivity index (χ0v) is 14.0. The molecule has 2 nitrogen and oxygen atoms in total. The monoisotopic (exact) mass is 320 g/mol. The molecule has 3 heteroatoms. The van der Waals surface area contributed by atoms with Gasteiger partial charge in [-0.15, -0.1) is 11.8 Å². The van der Waals surface area contributed by atoms with Crippen LogP contribution in [0, 0.1) is 6.92 Å². The van der Waals surface area contributed by atoms with E-state index in [1.165, 1.54) is 5.56 Å². The van der Waals surface area contributed by atoms with E-state index in [1.807, 2.05) is 31.2 Å². The minimum atomic E-state index is -0.128. The Morgan fingerprint density at radius 2 is 1.57 bits per heavy atom. The van der Waals surface area contributed by atoms with Crippen LogP contribution in [-0.2, 0) is 5.75 Å². The first-order chi connectivity index (χ1) is 11.2. The molecular weight excluding hydrogens is 300 g/mol. The molecule has 3 aromatic rings. The molecule has 0 aliphatic carbocycles. The second-order valence-corrected chi connectivity index (χ2v) is 6.48. The minimum absolute atomic E-state index is 0.128. The van der Waals surface area contributed by atoms with Crippen LogP contribution in [0.3, 0.4) is 0 Å². The van der Waals surface area contributed by atoms with E-state index in [9.17, 15) is 0 Å². The van der Waals surface area contributed by atoms with Gasteiger partial charge in [0.15, 0.2) is 0 Å². The zero-order valence-electron chi connectivity index (χ0n) is 13.1. The quantitative estimate of drug-likeness (QED) is 0.691. The summed E-state index contributed by atoms with van der Waals surface area (Å²) in [5.74, 6) is 0.928. The van der Waals surface area contributed by atoms with Crippen LogP contribution >= 0.6 is 11.8 Å². The lowest BCUT2D eigenvalue weighted by molar-refractivity contribution is 0.837. The summed E-state index contributed by atoms with van der Waals surface area (Å²) in [6.07, 6.45) is 0. The molecule has 0 aliphatic heterocycles. The Morgan fingerprint density at radius 3 is 2.22 bits per heavy atom. The van der Waals surface area contributed by atoms with Gasteiger partial charge in [0.05, 0.1) is 11.1 Å². The SMILES string of the molecule is Cc1nc(SCc2ccccc2)ccc1C(N)c1ccccc1. The van der Waals surface area contributed by atoms with E-state index in [2.05, 4.69) is 48.5 Å². The highest BCUT2D eigenvalue weighted by Gasteiger charge is 2.12. The fourth-order valence-electron chi connectivity index (χ4n) is 2.53. The lowest BCUT2D eigenvalue weighted by atomic mass is 9.99. The summed E-state index contributed by atoms with van der Waals surface area (Å²) in [4.78, 5) is 4.72. The van der Waals surface area contributed by atoms with Gasteiger partial charge >= 0.3 is 0 Å². The standard InChI is InChI=1S/C20H20N2S/c1-15-18(20(21)17-10-6-3-7-11-17)12-13-19(22-15)23-14-16-8-4-2-5-9-16/h2-13,20H,14,21H2,1H3. The largest absolute Gasteiger partial charge is 0.320 e. The van der Waals surface area contributed by atoms with Crippen molar-refractivity contribution in [2.45, 2.75) is 23.7 Å². The highest BCUT2D eigenvalue weighted by molar-refractivity contribution is 7.98. The maximum atomic E-state index is 6.39. The molecule has 0 bridgehead atoms. The maximum absolute atomic E-state index is 6.39. The molecule has 0 fully saturated rings. The number of rotatable bonds is 5. The molecule has 116 valence electrons. The molecular formula is C20H20N2S. The van der Waals surface area contributed by atoms with Crippen LogP contribution in [0.2, 0.25) is 0 Å². The molecule has 2 aromatic carbocycles. The van der Waals surface area contributed by atoms with Crippen LogP contribution in [0.4, 0.5) is 0 Å². The number of hydrogen-bond acceptors (Lipinski definition) is 3. The van der Waals surface area contributed by atoms with Gasteiger partial charge in [0.1, 0.15) is 0 Å². The van der Waals surface area contributed by atoms with E-state index in [0.29, 0.717) is 0 Å². The van der Waals surface area contributed by atoms with E-state index in [-0.39, 0.29) is 6.04 Å². The molecule has 23 heavy (non-hydrogen) atoms. The lowest BCUT2D eigenvalue weighted by Gasteiger charge is -2.15. The Hall–Kier alpha value is -2.10. The molecule has 0 saturated heterocycles. The topological polar surface area (TPSA) is 38.9 Å². The molecule has 0 amide bonds. The first kappa shape index (κ1) is 15.8. The third-order valence-electron chi connectivity index (χ3n) is 3.82. The Morgan fingerprint density at radius 1 is 0.913 bits per heavy atom. The van der Waals surface area contributed by atoms with Crippen molar-refractivity contribution in [3.8, 4) is 0 Å². The van der Waals surface area contributed by atoms with Crippen molar-refractivity contribution in [1.29, 1.82) is 0 Å². The first-order valence-electron chi connectivity index (χ1n) is 7.69. The number of hydrogen-bond donors (Lipinski definition) is 1. The van der Waals surface area contributed by atoms with Crippen molar-refractivity contribution < 1.29 is 0 Å². The number of nitrogens with zero attached hydrogens (tertiary/aromatic N) is 1. The van der Waals surface area contributed by atoms with Crippen molar-refractivity contribution in [3.63, 3.8) is 0 Å². The third-order valence-corrected chi connectivity index (χ3v) is 4.83. The molecule has 1 aromatic heterocycles. The van der Waals surface area contributed by atoms with E-state index >= 15 is 0 Å². The molecule has 1 atom stereocenters. The third kappa shape index (κ3) is 4.01. The fraction of sp³-hybridized carbons (Fsp3) is 0.150. The van der Waals surface area contributed by atoms with Crippen LogP contribution < -0.4 is 5.73 Å². The number of aromatic nitrogens is 1. The summed E-state index contributed by atoms with van der Waals surface area (Å²) in [6.45, 7) is 2.03. The van der Waals surface area contributed by atoms with Gasteiger partial charge in [-0.2, -0.15) is 0 Å². The molecule has 3 rings (SSSR count). The van der Waals surface area contributed by atoms with Crippen LogP contribution in [0.25, 0.3) is 0 Å². The van der Waals surface area contributed by atoms with Crippen molar-refractivity contribution in [2.24, 2.45) is 5.73 Å². The average Bonchev–Trinajstić information content (AvgIpc) is 2.61. The number of nitrogens with two attached hydrogens (primary N) is 1. The highest BCUT2D eigenvalue weighted by Crippen LogP contribution is 2.26. The summed E-state index contributed by atoms with van der Waals surface area (Å²) in [5, 5.41) is 1.04.